The first kappa shape index (κ1) is 25.2. The third-order valence-corrected chi connectivity index (χ3v) is 5.89. The van der Waals surface area contributed by atoms with Crippen molar-refractivity contribution >= 4 is 17.2 Å². The molecule has 9 heteroatoms. The third kappa shape index (κ3) is 6.35. The Hall–Kier alpha value is -3.38. The van der Waals surface area contributed by atoms with E-state index < -0.39 is 11.9 Å². The highest BCUT2D eigenvalue weighted by Crippen LogP contribution is 2.30. The van der Waals surface area contributed by atoms with Gasteiger partial charge in [-0.15, -0.1) is 0 Å². The van der Waals surface area contributed by atoms with Gasteiger partial charge in [0.1, 0.15) is 11.5 Å². The van der Waals surface area contributed by atoms with Crippen LogP contribution >= 0.6 is 0 Å². The number of imidazole rings is 1. The number of carbonyl (C=O) groups excluding carboxylic acids is 1. The minimum atomic E-state index is -4.43. The number of fused-ring (bicyclic) bond motifs is 1. The molecule has 34 heavy (non-hydrogen) atoms. The second-order valence-corrected chi connectivity index (χ2v) is 8.55. The number of anilines is 1. The van der Waals surface area contributed by atoms with E-state index in [0.29, 0.717) is 17.0 Å². The van der Waals surface area contributed by atoms with Gasteiger partial charge in [-0.2, -0.15) is 18.4 Å². The van der Waals surface area contributed by atoms with Crippen LogP contribution in [-0.4, -0.2) is 27.3 Å². The van der Waals surface area contributed by atoms with Crippen molar-refractivity contribution in [1.29, 1.82) is 5.26 Å². The molecular formula is C25H28F3N5O. The molecule has 6 nitrogen and oxygen atoms in total. The Bertz CT molecular complexity index is 1170. The molecule has 180 valence electrons. The molecule has 1 aliphatic rings. The van der Waals surface area contributed by atoms with E-state index in [0.717, 1.165) is 37.4 Å². The SMILES string of the molecule is CC(=O)c1cccc(C(C)C#N)c1.NC1CCC(Nc2cccc3nc(C(F)(F)F)cn23)CC1. The number of aromatic nitrogens is 2. The Morgan fingerprint density at radius 3 is 2.50 bits per heavy atom. The van der Waals surface area contributed by atoms with Crippen molar-refractivity contribution in [1.82, 2.24) is 9.38 Å². The van der Waals surface area contributed by atoms with Crippen molar-refractivity contribution in [2.45, 2.75) is 63.7 Å². The Morgan fingerprint density at radius 1 is 1.21 bits per heavy atom. The van der Waals surface area contributed by atoms with E-state index in [1.807, 2.05) is 13.0 Å². The van der Waals surface area contributed by atoms with Crippen LogP contribution in [0.3, 0.4) is 0 Å². The second-order valence-electron chi connectivity index (χ2n) is 8.55. The first-order valence-electron chi connectivity index (χ1n) is 11.2. The molecule has 0 bridgehead atoms. The number of Topliss-reactive ketones (excluding diaryl/α,β-unsaturated/α-hetero) is 1. The Morgan fingerprint density at radius 2 is 1.88 bits per heavy atom. The number of nitrogens with one attached hydrogen (secondary N) is 1. The molecule has 3 N–H and O–H groups in total. The van der Waals surface area contributed by atoms with Crippen LogP contribution in [0.4, 0.5) is 19.0 Å². The van der Waals surface area contributed by atoms with Gasteiger partial charge < -0.3 is 11.1 Å². The molecule has 4 rings (SSSR count). The molecule has 1 fully saturated rings. The average molecular weight is 472 g/mol. The van der Waals surface area contributed by atoms with E-state index >= 15 is 0 Å². The summed E-state index contributed by atoms with van der Waals surface area (Å²) in [6.07, 6.45) is 0.334. The predicted octanol–water partition coefficient (Wildman–Crippen LogP) is 5.55. The van der Waals surface area contributed by atoms with Crippen molar-refractivity contribution in [2.24, 2.45) is 5.73 Å². The molecule has 1 atom stereocenters. The smallest absolute Gasteiger partial charge is 0.368 e. The van der Waals surface area contributed by atoms with Crippen molar-refractivity contribution in [3.8, 4) is 6.07 Å². The number of nitrogens with zero attached hydrogens (tertiary/aromatic N) is 3. The van der Waals surface area contributed by atoms with Crippen LogP contribution in [-0.2, 0) is 6.18 Å². The number of carbonyl (C=O) groups is 1. The lowest BCUT2D eigenvalue weighted by Gasteiger charge is -2.27. The molecule has 2 aromatic heterocycles. The summed E-state index contributed by atoms with van der Waals surface area (Å²) in [5.74, 6) is 0.516. The summed E-state index contributed by atoms with van der Waals surface area (Å²) < 4.78 is 39.7. The molecule has 1 unspecified atom stereocenters. The molecule has 0 radical (unpaired) electrons. The number of alkyl halides is 3. The summed E-state index contributed by atoms with van der Waals surface area (Å²) in [5.41, 5.74) is 6.85. The molecule has 0 amide bonds. The molecule has 1 saturated carbocycles. The number of pyridine rings is 1. The van der Waals surface area contributed by atoms with Crippen LogP contribution < -0.4 is 11.1 Å². The first-order valence-corrected chi connectivity index (χ1v) is 11.2. The summed E-state index contributed by atoms with van der Waals surface area (Å²) >= 11 is 0. The van der Waals surface area contributed by atoms with Gasteiger partial charge >= 0.3 is 6.18 Å². The zero-order valence-electron chi connectivity index (χ0n) is 19.1. The molecule has 1 aromatic carbocycles. The van der Waals surface area contributed by atoms with Gasteiger partial charge in [0, 0.05) is 23.8 Å². The molecule has 0 spiro atoms. The standard InChI is InChI=1S/C14H17F3N4.C11H11NO/c15-14(16,17)11-8-21-12(2-1-3-13(21)20-11)19-10-6-4-9(18)5-7-10;1-8(7-12)10-4-3-5-11(6-10)9(2)13/h1-3,8-10,19H,4-7,18H2;3-6,8H,1-2H3. The summed E-state index contributed by atoms with van der Waals surface area (Å²) in [4.78, 5) is 14.7. The normalized spacial score (nSPS) is 19.0. The summed E-state index contributed by atoms with van der Waals surface area (Å²) in [5, 5.41) is 12.0. The summed E-state index contributed by atoms with van der Waals surface area (Å²) in [6.45, 7) is 3.34. The van der Waals surface area contributed by atoms with Gasteiger partial charge in [0.15, 0.2) is 11.5 Å². The monoisotopic (exact) mass is 471 g/mol. The zero-order chi connectivity index (χ0) is 24.9. The molecule has 0 aliphatic heterocycles. The Kier molecular flexibility index (Phi) is 7.94. The van der Waals surface area contributed by atoms with Crippen LogP contribution in [0.15, 0.2) is 48.7 Å². The largest absolute Gasteiger partial charge is 0.434 e. The maximum Gasteiger partial charge on any atom is 0.434 e. The maximum atomic E-state index is 12.7. The van der Waals surface area contributed by atoms with E-state index in [-0.39, 0.29) is 23.8 Å². The number of rotatable bonds is 4. The number of nitrogens with two attached hydrogens (primary N) is 1. The van der Waals surface area contributed by atoms with Crippen molar-refractivity contribution < 1.29 is 18.0 Å². The third-order valence-electron chi connectivity index (χ3n) is 5.89. The molecule has 2 heterocycles. The number of ketones is 1. The van der Waals surface area contributed by atoms with E-state index in [9.17, 15) is 18.0 Å². The highest BCUT2D eigenvalue weighted by Gasteiger charge is 2.34. The fraction of sp³-hybridized carbons (Fsp3) is 0.400. The number of benzene rings is 1. The van der Waals surface area contributed by atoms with Gasteiger partial charge in [-0.25, -0.2) is 4.98 Å². The summed E-state index contributed by atoms with van der Waals surface area (Å²) in [7, 11) is 0. The van der Waals surface area contributed by atoms with Gasteiger partial charge in [-0.05, 0) is 63.3 Å². The number of hydrogen-bond donors (Lipinski definition) is 2. The highest BCUT2D eigenvalue weighted by molar-refractivity contribution is 5.94. The van der Waals surface area contributed by atoms with Crippen molar-refractivity contribution in [3.63, 3.8) is 0 Å². The van der Waals surface area contributed by atoms with Crippen LogP contribution in [0, 0.1) is 11.3 Å². The van der Waals surface area contributed by atoms with E-state index in [4.69, 9.17) is 11.0 Å². The van der Waals surface area contributed by atoms with Crippen LogP contribution in [0.1, 0.15) is 67.1 Å². The average Bonchev–Trinajstić information content (AvgIpc) is 3.27. The van der Waals surface area contributed by atoms with Crippen LogP contribution in [0.25, 0.3) is 5.65 Å². The van der Waals surface area contributed by atoms with Crippen LogP contribution in [0.2, 0.25) is 0 Å². The molecule has 3 aromatic rings. The van der Waals surface area contributed by atoms with Gasteiger partial charge in [-0.1, -0.05) is 24.3 Å². The lowest BCUT2D eigenvalue weighted by molar-refractivity contribution is -0.140. The first-order chi connectivity index (χ1) is 16.1. The number of halogens is 3. The van der Waals surface area contributed by atoms with Gasteiger partial charge in [0.2, 0.25) is 0 Å². The molecular weight excluding hydrogens is 443 g/mol. The quantitative estimate of drug-likeness (QED) is 0.486. The summed E-state index contributed by atoms with van der Waals surface area (Å²) in [6, 6.07) is 14.9. The lowest BCUT2D eigenvalue weighted by Crippen LogP contribution is -2.33. The van der Waals surface area contributed by atoms with Gasteiger partial charge in [-0.3, -0.25) is 9.20 Å². The minimum absolute atomic E-state index is 0.0342. The molecule has 0 saturated heterocycles. The topological polar surface area (TPSA) is 96.2 Å². The number of nitriles is 1. The zero-order valence-corrected chi connectivity index (χ0v) is 19.1. The van der Waals surface area contributed by atoms with Crippen molar-refractivity contribution in [2.75, 3.05) is 5.32 Å². The minimum Gasteiger partial charge on any atom is -0.368 e. The van der Waals surface area contributed by atoms with E-state index in [2.05, 4.69) is 16.4 Å². The maximum absolute atomic E-state index is 12.7. The highest BCUT2D eigenvalue weighted by atomic mass is 19.4. The number of hydrogen-bond acceptors (Lipinski definition) is 5. The second kappa shape index (κ2) is 10.7. The van der Waals surface area contributed by atoms with Gasteiger partial charge in [0.05, 0.1) is 12.0 Å². The van der Waals surface area contributed by atoms with Gasteiger partial charge in [0.25, 0.3) is 0 Å². The van der Waals surface area contributed by atoms with E-state index in [1.165, 1.54) is 11.3 Å². The fourth-order valence-corrected chi connectivity index (χ4v) is 3.84. The molecule has 1 aliphatic carbocycles. The van der Waals surface area contributed by atoms with E-state index in [1.54, 1.807) is 36.4 Å². The predicted molar refractivity (Wildman–Crippen MR) is 125 cm³/mol. The fourth-order valence-electron chi connectivity index (χ4n) is 3.84. The Labute approximate surface area is 196 Å². The Balaban J connectivity index is 0.000000215. The van der Waals surface area contributed by atoms with Crippen molar-refractivity contribution in [3.05, 3.63) is 65.5 Å². The van der Waals surface area contributed by atoms with Crippen LogP contribution in [0.5, 0.6) is 0 Å². The lowest BCUT2D eigenvalue weighted by atomic mass is 9.92.